The highest BCUT2D eigenvalue weighted by Gasteiger charge is 2.17. The van der Waals surface area contributed by atoms with E-state index in [-0.39, 0.29) is 11.6 Å². The van der Waals surface area contributed by atoms with Gasteiger partial charge in [-0.25, -0.2) is 14.8 Å². The Kier molecular flexibility index (Phi) is 5.78. The summed E-state index contributed by atoms with van der Waals surface area (Å²) in [4.78, 5) is 23.1. The molecule has 1 aromatic rings. The number of rotatable bonds is 4. The maximum atomic E-state index is 11.6. The molecule has 1 aliphatic carbocycles. The van der Waals surface area contributed by atoms with Crippen LogP contribution in [0.2, 0.25) is 0 Å². The van der Waals surface area contributed by atoms with Gasteiger partial charge in [0.1, 0.15) is 5.69 Å². The third-order valence-corrected chi connectivity index (χ3v) is 3.95. The lowest BCUT2D eigenvalue weighted by Crippen LogP contribution is -2.32. The van der Waals surface area contributed by atoms with Crippen molar-refractivity contribution in [1.29, 1.82) is 0 Å². The first-order valence-electron chi connectivity index (χ1n) is 7.82. The van der Waals surface area contributed by atoms with Crippen LogP contribution < -0.4 is 4.74 Å². The minimum absolute atomic E-state index is 0.140. The molecular formula is C16H24N4O3. The van der Waals surface area contributed by atoms with Gasteiger partial charge in [0.25, 0.3) is 5.88 Å². The molecule has 0 aromatic carbocycles. The Balaban J connectivity index is 2.07. The quantitative estimate of drug-likeness (QED) is 0.682. The van der Waals surface area contributed by atoms with Gasteiger partial charge in [-0.2, -0.15) is 0 Å². The number of nitrogens with zero attached hydrogens (tertiary/aromatic N) is 4. The molecule has 1 aromatic heterocycles. The minimum atomic E-state index is -0.603. The maximum absolute atomic E-state index is 11.6. The number of aromatic nitrogens is 1. The summed E-state index contributed by atoms with van der Waals surface area (Å²) in [6, 6.07) is 2.07. The van der Waals surface area contributed by atoms with Crippen LogP contribution in [0.5, 0.6) is 11.6 Å². The standard InChI is InChI=1S/C16H24N4O3/c1-19(2)16(22)23-15-14(21)13(9-10-17-15)18-11-20(3)12-7-5-4-6-8-12/h9-12,21H,4-8H2,1-3H3. The molecule has 126 valence electrons. The first-order valence-corrected chi connectivity index (χ1v) is 7.82. The number of aliphatic imine (C=N–C) groups is 1. The average molecular weight is 320 g/mol. The molecule has 0 atom stereocenters. The summed E-state index contributed by atoms with van der Waals surface area (Å²) in [7, 11) is 5.10. The average Bonchev–Trinajstić information content (AvgIpc) is 2.56. The lowest BCUT2D eigenvalue weighted by atomic mass is 9.95. The summed E-state index contributed by atoms with van der Waals surface area (Å²) in [5, 5.41) is 10.2. The predicted molar refractivity (Wildman–Crippen MR) is 88.4 cm³/mol. The van der Waals surface area contributed by atoms with Crippen LogP contribution in [0.4, 0.5) is 10.5 Å². The first kappa shape index (κ1) is 17.1. The summed E-state index contributed by atoms with van der Waals surface area (Å²) < 4.78 is 5.01. The molecule has 1 saturated carbocycles. The van der Waals surface area contributed by atoms with Crippen LogP contribution in [0, 0.1) is 0 Å². The van der Waals surface area contributed by atoms with E-state index in [1.165, 1.54) is 30.4 Å². The number of amides is 1. The largest absolute Gasteiger partial charge is 0.502 e. The molecular weight excluding hydrogens is 296 g/mol. The normalized spacial score (nSPS) is 15.6. The second kappa shape index (κ2) is 7.80. The fraction of sp³-hybridized carbons (Fsp3) is 0.562. The third kappa shape index (κ3) is 4.58. The van der Waals surface area contributed by atoms with Gasteiger partial charge < -0.3 is 19.6 Å². The van der Waals surface area contributed by atoms with Gasteiger partial charge >= 0.3 is 6.09 Å². The van der Waals surface area contributed by atoms with Crippen LogP contribution in [0.15, 0.2) is 17.3 Å². The lowest BCUT2D eigenvalue weighted by molar-refractivity contribution is 0.168. The van der Waals surface area contributed by atoms with E-state index in [0.717, 1.165) is 12.8 Å². The SMILES string of the molecule is CN(C)C(=O)Oc1nccc(N=CN(C)C2CCCCC2)c1O. The summed E-state index contributed by atoms with van der Waals surface area (Å²) in [5.41, 5.74) is 0.323. The van der Waals surface area contributed by atoms with Crippen molar-refractivity contribution in [2.45, 2.75) is 38.1 Å². The van der Waals surface area contributed by atoms with Crippen LogP contribution in [0.3, 0.4) is 0 Å². The van der Waals surface area contributed by atoms with Crippen LogP contribution in [-0.4, -0.2) is 59.5 Å². The van der Waals surface area contributed by atoms with Crippen molar-refractivity contribution in [3.05, 3.63) is 12.3 Å². The van der Waals surface area contributed by atoms with Crippen LogP contribution in [-0.2, 0) is 0 Å². The number of aromatic hydroxyl groups is 1. The van der Waals surface area contributed by atoms with E-state index in [9.17, 15) is 9.90 Å². The highest BCUT2D eigenvalue weighted by Crippen LogP contribution is 2.34. The van der Waals surface area contributed by atoms with Crippen molar-refractivity contribution in [3.63, 3.8) is 0 Å². The summed E-state index contributed by atoms with van der Waals surface area (Å²) in [6.07, 6.45) is 8.67. The number of carbonyl (C=O) groups is 1. The zero-order valence-electron chi connectivity index (χ0n) is 13.9. The topological polar surface area (TPSA) is 78.3 Å². The van der Waals surface area contributed by atoms with Crippen LogP contribution >= 0.6 is 0 Å². The second-order valence-electron chi connectivity index (χ2n) is 5.95. The summed E-state index contributed by atoms with van der Waals surface area (Å²) >= 11 is 0. The number of hydrogen-bond acceptors (Lipinski definition) is 5. The Morgan fingerprint density at radius 3 is 2.70 bits per heavy atom. The molecule has 0 unspecified atom stereocenters. The van der Waals surface area contributed by atoms with E-state index in [1.54, 1.807) is 26.5 Å². The van der Waals surface area contributed by atoms with Crippen molar-refractivity contribution >= 4 is 18.1 Å². The lowest BCUT2D eigenvalue weighted by Gasteiger charge is -2.29. The first-order chi connectivity index (χ1) is 11.0. The fourth-order valence-corrected chi connectivity index (χ4v) is 2.51. The molecule has 0 radical (unpaired) electrons. The molecule has 2 rings (SSSR count). The highest BCUT2D eigenvalue weighted by molar-refractivity contribution is 5.72. The molecule has 1 heterocycles. The van der Waals surface area contributed by atoms with Crippen molar-refractivity contribution in [1.82, 2.24) is 14.8 Å². The Morgan fingerprint density at radius 1 is 1.35 bits per heavy atom. The monoisotopic (exact) mass is 320 g/mol. The molecule has 0 bridgehead atoms. The van der Waals surface area contributed by atoms with Crippen molar-refractivity contribution in [2.24, 2.45) is 4.99 Å². The smallest absolute Gasteiger partial charge is 0.416 e. The van der Waals surface area contributed by atoms with Crippen LogP contribution in [0.1, 0.15) is 32.1 Å². The Hall–Kier alpha value is -2.31. The molecule has 0 aliphatic heterocycles. The second-order valence-corrected chi connectivity index (χ2v) is 5.95. The Labute approximate surface area is 136 Å². The molecule has 1 aliphatic rings. The third-order valence-electron chi connectivity index (χ3n) is 3.95. The van der Waals surface area contributed by atoms with Gasteiger partial charge in [0.05, 0.1) is 6.34 Å². The molecule has 1 N–H and O–H groups in total. The summed E-state index contributed by atoms with van der Waals surface area (Å²) in [5.74, 6) is -0.380. The van der Waals surface area contributed by atoms with Gasteiger partial charge in [0.2, 0.25) is 5.75 Å². The zero-order valence-corrected chi connectivity index (χ0v) is 13.9. The van der Waals surface area contributed by atoms with Gasteiger partial charge in [-0.1, -0.05) is 19.3 Å². The zero-order chi connectivity index (χ0) is 16.8. The van der Waals surface area contributed by atoms with E-state index >= 15 is 0 Å². The number of hydrogen-bond donors (Lipinski definition) is 1. The van der Waals surface area contributed by atoms with Gasteiger partial charge in [-0.05, 0) is 18.9 Å². The molecule has 1 fully saturated rings. The maximum Gasteiger partial charge on any atom is 0.416 e. The van der Waals surface area contributed by atoms with Crippen LogP contribution in [0.25, 0.3) is 0 Å². The molecule has 7 nitrogen and oxygen atoms in total. The van der Waals surface area contributed by atoms with Gasteiger partial charge in [0, 0.05) is 33.4 Å². The van der Waals surface area contributed by atoms with E-state index in [2.05, 4.69) is 14.9 Å². The van der Waals surface area contributed by atoms with E-state index in [1.807, 2.05) is 7.05 Å². The molecule has 23 heavy (non-hydrogen) atoms. The van der Waals surface area contributed by atoms with E-state index < -0.39 is 6.09 Å². The fourth-order valence-electron chi connectivity index (χ4n) is 2.51. The van der Waals surface area contributed by atoms with Crippen molar-refractivity contribution in [3.8, 4) is 11.6 Å². The molecule has 0 saturated heterocycles. The van der Waals surface area contributed by atoms with Crippen molar-refractivity contribution < 1.29 is 14.6 Å². The number of pyridine rings is 1. The van der Waals surface area contributed by atoms with E-state index in [0.29, 0.717) is 11.7 Å². The molecule has 0 spiro atoms. The number of ether oxygens (including phenoxy) is 1. The van der Waals surface area contributed by atoms with Gasteiger partial charge in [-0.3, -0.25) is 0 Å². The highest BCUT2D eigenvalue weighted by atomic mass is 16.6. The van der Waals surface area contributed by atoms with Gasteiger partial charge in [0.15, 0.2) is 0 Å². The Morgan fingerprint density at radius 2 is 2.04 bits per heavy atom. The minimum Gasteiger partial charge on any atom is -0.502 e. The van der Waals surface area contributed by atoms with Gasteiger partial charge in [-0.15, -0.1) is 0 Å². The van der Waals surface area contributed by atoms with E-state index in [4.69, 9.17) is 4.74 Å². The van der Waals surface area contributed by atoms with Crippen molar-refractivity contribution in [2.75, 3.05) is 21.1 Å². The Bertz CT molecular complexity index is 568. The number of carbonyl (C=O) groups excluding carboxylic acids is 1. The molecule has 7 heteroatoms. The summed E-state index contributed by atoms with van der Waals surface area (Å²) in [6.45, 7) is 0. The predicted octanol–water partition coefficient (Wildman–Crippen LogP) is 2.77. The molecule has 1 amide bonds.